The monoisotopic (exact) mass is 254 g/mol. The van der Waals surface area contributed by atoms with Gasteiger partial charge in [0.15, 0.2) is 0 Å². The average Bonchev–Trinajstić information content (AvgIpc) is 2.30. The van der Waals surface area contributed by atoms with E-state index in [9.17, 15) is 9.18 Å². The summed E-state index contributed by atoms with van der Waals surface area (Å²) in [6.07, 6.45) is 5.43. The van der Waals surface area contributed by atoms with Crippen LogP contribution in [-0.2, 0) is 4.79 Å². The highest BCUT2D eigenvalue weighted by Crippen LogP contribution is 2.10. The first kappa shape index (κ1) is 13.4. The van der Waals surface area contributed by atoms with E-state index in [0.29, 0.717) is 10.8 Å². The Balaban J connectivity index is 2.50. The second-order valence-electron chi connectivity index (χ2n) is 3.20. The number of nitrogens with zero attached hydrogens (tertiary/aromatic N) is 1. The predicted molar refractivity (Wildman–Crippen MR) is 66.5 cm³/mol. The quantitative estimate of drug-likeness (QED) is 0.836. The van der Waals surface area contributed by atoms with E-state index in [1.807, 2.05) is 0 Å². The summed E-state index contributed by atoms with van der Waals surface area (Å²) in [7, 11) is 0. The highest BCUT2D eigenvalue weighted by atomic mass is 35.5. The lowest BCUT2D eigenvalue weighted by atomic mass is 10.3. The Morgan fingerprint density at radius 3 is 2.94 bits per heavy atom. The first-order valence-electron chi connectivity index (χ1n) is 5.01. The van der Waals surface area contributed by atoms with E-state index in [1.165, 1.54) is 18.3 Å². The van der Waals surface area contributed by atoms with Crippen LogP contribution in [0.4, 0.5) is 10.2 Å². The number of nitrogens with one attached hydrogen (secondary N) is 1. The van der Waals surface area contributed by atoms with E-state index in [-0.39, 0.29) is 12.3 Å². The summed E-state index contributed by atoms with van der Waals surface area (Å²) in [4.78, 5) is 15.3. The molecule has 5 heteroatoms. The first-order chi connectivity index (χ1) is 8.11. The number of aromatic nitrogens is 1. The number of pyridine rings is 1. The molecule has 0 spiro atoms. The van der Waals surface area contributed by atoms with Crippen molar-refractivity contribution in [2.75, 3.05) is 5.32 Å². The van der Waals surface area contributed by atoms with Crippen molar-refractivity contribution in [3.05, 3.63) is 47.4 Å². The fraction of sp³-hybridized carbons (Fsp3) is 0.167. The Kier molecular flexibility index (Phi) is 5.36. The number of anilines is 1. The van der Waals surface area contributed by atoms with E-state index >= 15 is 0 Å². The Labute approximate surface area is 104 Å². The third-order valence-corrected chi connectivity index (χ3v) is 2.03. The fourth-order valence-electron chi connectivity index (χ4n) is 1.06. The highest BCUT2D eigenvalue weighted by Gasteiger charge is 2.01. The maximum absolute atomic E-state index is 12.9. The van der Waals surface area contributed by atoms with Gasteiger partial charge in [0.25, 0.3) is 0 Å². The molecular weight excluding hydrogens is 243 g/mol. The molecule has 0 saturated heterocycles. The largest absolute Gasteiger partial charge is 0.310 e. The van der Waals surface area contributed by atoms with Gasteiger partial charge in [0.2, 0.25) is 5.91 Å². The number of amides is 1. The van der Waals surface area contributed by atoms with Gasteiger partial charge in [-0.2, -0.15) is 0 Å². The molecular formula is C12H12ClFN2O. The third-order valence-electron chi connectivity index (χ3n) is 1.80. The van der Waals surface area contributed by atoms with Crippen molar-refractivity contribution >= 4 is 23.3 Å². The summed E-state index contributed by atoms with van der Waals surface area (Å²) in [5.74, 6) is -0.384. The van der Waals surface area contributed by atoms with Gasteiger partial charge in [-0.15, -0.1) is 0 Å². The zero-order valence-corrected chi connectivity index (χ0v) is 10.0. The van der Waals surface area contributed by atoms with E-state index in [2.05, 4.69) is 10.3 Å². The molecule has 0 radical (unpaired) electrons. The van der Waals surface area contributed by atoms with Crippen molar-refractivity contribution in [1.82, 2.24) is 4.98 Å². The minimum atomic E-state index is -0.438. The summed E-state index contributed by atoms with van der Waals surface area (Å²) >= 11 is 5.64. The molecule has 3 nitrogen and oxygen atoms in total. The zero-order chi connectivity index (χ0) is 12.7. The molecule has 0 aliphatic carbocycles. The Bertz CT molecular complexity index is 440. The van der Waals surface area contributed by atoms with Crippen molar-refractivity contribution in [3.8, 4) is 0 Å². The van der Waals surface area contributed by atoms with Gasteiger partial charge >= 0.3 is 0 Å². The minimum absolute atomic E-state index is 0.0412. The van der Waals surface area contributed by atoms with E-state index < -0.39 is 5.83 Å². The molecule has 0 aliphatic heterocycles. The molecule has 1 amide bonds. The fourth-order valence-corrected chi connectivity index (χ4v) is 1.17. The number of allylic oxidation sites excluding steroid dienone is 3. The zero-order valence-electron chi connectivity index (χ0n) is 9.28. The number of halogens is 2. The Morgan fingerprint density at radius 2 is 2.35 bits per heavy atom. The van der Waals surface area contributed by atoms with Crippen LogP contribution in [0.15, 0.2) is 42.4 Å². The average molecular weight is 255 g/mol. The van der Waals surface area contributed by atoms with Gasteiger partial charge in [-0.05, 0) is 31.2 Å². The lowest BCUT2D eigenvalue weighted by molar-refractivity contribution is -0.115. The SMILES string of the molecule is C/C=C\C(F)=C/CC(=O)Nc1ccc(Cl)cn1. The molecule has 0 unspecified atom stereocenters. The number of rotatable bonds is 4. The topological polar surface area (TPSA) is 42.0 Å². The van der Waals surface area contributed by atoms with E-state index in [0.717, 1.165) is 0 Å². The Hall–Kier alpha value is -1.68. The summed E-state index contributed by atoms with van der Waals surface area (Å²) in [5, 5.41) is 3.01. The molecule has 1 heterocycles. The van der Waals surface area contributed by atoms with Crippen LogP contribution in [-0.4, -0.2) is 10.9 Å². The van der Waals surface area contributed by atoms with Crippen LogP contribution < -0.4 is 5.32 Å². The summed E-state index contributed by atoms with van der Waals surface area (Å²) in [6, 6.07) is 3.19. The molecule has 0 saturated carbocycles. The van der Waals surface area contributed by atoms with Crippen LogP contribution in [0.5, 0.6) is 0 Å². The molecule has 90 valence electrons. The van der Waals surface area contributed by atoms with Gasteiger partial charge in [0, 0.05) is 12.6 Å². The maximum Gasteiger partial charge on any atom is 0.229 e. The Morgan fingerprint density at radius 1 is 1.59 bits per heavy atom. The number of hydrogen-bond acceptors (Lipinski definition) is 2. The molecule has 1 N–H and O–H groups in total. The van der Waals surface area contributed by atoms with Crippen LogP contribution in [0, 0.1) is 0 Å². The van der Waals surface area contributed by atoms with Crippen LogP contribution >= 0.6 is 11.6 Å². The smallest absolute Gasteiger partial charge is 0.229 e. The van der Waals surface area contributed by atoms with Gasteiger partial charge in [-0.3, -0.25) is 4.79 Å². The highest BCUT2D eigenvalue weighted by molar-refractivity contribution is 6.30. The maximum atomic E-state index is 12.9. The molecule has 0 bridgehead atoms. The molecule has 1 aromatic heterocycles. The molecule has 0 aliphatic rings. The van der Waals surface area contributed by atoms with Crippen LogP contribution in [0.1, 0.15) is 13.3 Å². The summed E-state index contributed by atoms with van der Waals surface area (Å²) in [5.41, 5.74) is 0. The van der Waals surface area contributed by atoms with Crippen molar-refractivity contribution in [2.45, 2.75) is 13.3 Å². The summed E-state index contributed by atoms with van der Waals surface area (Å²) < 4.78 is 12.9. The first-order valence-corrected chi connectivity index (χ1v) is 5.39. The number of carbonyl (C=O) groups is 1. The second kappa shape index (κ2) is 6.81. The van der Waals surface area contributed by atoms with Crippen molar-refractivity contribution in [1.29, 1.82) is 0 Å². The van der Waals surface area contributed by atoms with Gasteiger partial charge in [0.1, 0.15) is 11.6 Å². The van der Waals surface area contributed by atoms with Crippen LogP contribution in [0.3, 0.4) is 0 Å². The third kappa shape index (κ3) is 5.26. The summed E-state index contributed by atoms with van der Waals surface area (Å²) in [6.45, 7) is 1.70. The lowest BCUT2D eigenvalue weighted by Crippen LogP contribution is -2.11. The molecule has 0 fully saturated rings. The van der Waals surface area contributed by atoms with Crippen molar-refractivity contribution in [2.24, 2.45) is 0 Å². The number of carbonyl (C=O) groups excluding carboxylic acids is 1. The molecule has 1 aromatic rings. The lowest BCUT2D eigenvalue weighted by Gasteiger charge is -2.01. The van der Waals surface area contributed by atoms with Gasteiger partial charge in [-0.1, -0.05) is 17.7 Å². The molecule has 17 heavy (non-hydrogen) atoms. The normalized spacial score (nSPS) is 11.8. The molecule has 0 aromatic carbocycles. The predicted octanol–water partition coefficient (Wildman–Crippen LogP) is 3.49. The standard InChI is InChI=1S/C12H12ClFN2O/c1-2-3-10(14)5-7-12(17)16-11-6-4-9(13)8-15-11/h2-6,8H,7H2,1H3,(H,15,16,17)/b3-2-,10-5+. The van der Waals surface area contributed by atoms with Crippen molar-refractivity contribution < 1.29 is 9.18 Å². The molecule has 0 atom stereocenters. The molecule has 1 rings (SSSR count). The van der Waals surface area contributed by atoms with E-state index in [1.54, 1.807) is 25.1 Å². The van der Waals surface area contributed by atoms with Gasteiger partial charge in [-0.25, -0.2) is 9.37 Å². The van der Waals surface area contributed by atoms with Crippen LogP contribution in [0.2, 0.25) is 5.02 Å². The van der Waals surface area contributed by atoms with E-state index in [4.69, 9.17) is 11.6 Å². The number of hydrogen-bond donors (Lipinski definition) is 1. The van der Waals surface area contributed by atoms with Crippen molar-refractivity contribution in [3.63, 3.8) is 0 Å². The van der Waals surface area contributed by atoms with Gasteiger partial charge < -0.3 is 5.32 Å². The van der Waals surface area contributed by atoms with Gasteiger partial charge in [0.05, 0.1) is 5.02 Å². The minimum Gasteiger partial charge on any atom is -0.310 e. The second-order valence-corrected chi connectivity index (χ2v) is 3.64. The van der Waals surface area contributed by atoms with Crippen LogP contribution in [0.25, 0.3) is 0 Å².